The van der Waals surface area contributed by atoms with Gasteiger partial charge in [-0.15, -0.1) is 11.3 Å². The van der Waals surface area contributed by atoms with E-state index in [1.807, 2.05) is 6.92 Å². The van der Waals surface area contributed by atoms with E-state index in [2.05, 4.69) is 48.3 Å². The third kappa shape index (κ3) is 6.05. The van der Waals surface area contributed by atoms with E-state index in [4.69, 9.17) is 0 Å². The molecule has 5 heteroatoms. The monoisotopic (exact) mass is 282 g/mol. The summed E-state index contributed by atoms with van der Waals surface area (Å²) in [6, 6.07) is 0. The first-order chi connectivity index (χ1) is 8.81. The van der Waals surface area contributed by atoms with Crippen LogP contribution in [0.3, 0.4) is 0 Å². The highest BCUT2D eigenvalue weighted by atomic mass is 32.1. The van der Waals surface area contributed by atoms with Gasteiger partial charge in [0, 0.05) is 18.5 Å². The molecule has 0 atom stereocenters. The number of hydrogen-bond donors (Lipinski definition) is 2. The Labute approximate surface area is 120 Å². The third-order valence-corrected chi connectivity index (χ3v) is 3.94. The Bertz CT molecular complexity index is 410. The van der Waals surface area contributed by atoms with Gasteiger partial charge in [0.15, 0.2) is 5.96 Å². The molecule has 0 saturated heterocycles. The van der Waals surface area contributed by atoms with Crippen molar-refractivity contribution in [3.8, 4) is 0 Å². The van der Waals surface area contributed by atoms with Crippen molar-refractivity contribution < 1.29 is 0 Å². The van der Waals surface area contributed by atoms with Crippen LogP contribution in [0.1, 0.15) is 42.8 Å². The zero-order valence-corrected chi connectivity index (χ0v) is 13.7. The lowest BCUT2D eigenvalue weighted by Gasteiger charge is -2.19. The Balaban J connectivity index is 2.37. The third-order valence-electron chi connectivity index (χ3n) is 2.87. The van der Waals surface area contributed by atoms with Crippen molar-refractivity contribution in [2.75, 3.05) is 13.6 Å². The summed E-state index contributed by atoms with van der Waals surface area (Å²) in [7, 11) is 1.80. The molecule has 0 saturated carbocycles. The number of aliphatic imine (C=N–C) groups is 1. The Hall–Kier alpha value is -1.10. The summed E-state index contributed by atoms with van der Waals surface area (Å²) in [5.41, 5.74) is 1.47. The fourth-order valence-electron chi connectivity index (χ4n) is 1.55. The number of nitrogens with one attached hydrogen (secondary N) is 2. The van der Waals surface area contributed by atoms with Gasteiger partial charge in [0.1, 0.15) is 5.01 Å². The molecule has 0 aromatic carbocycles. The summed E-state index contributed by atoms with van der Waals surface area (Å²) >= 11 is 1.74. The maximum Gasteiger partial charge on any atom is 0.191 e. The van der Waals surface area contributed by atoms with Crippen molar-refractivity contribution in [2.45, 2.75) is 47.6 Å². The molecule has 0 fully saturated rings. The number of aryl methyl sites for hydroxylation is 2. The molecule has 0 aliphatic carbocycles. The molecule has 1 aromatic rings. The summed E-state index contributed by atoms with van der Waals surface area (Å²) in [6.07, 6.45) is 1.11. The Kier molecular flexibility index (Phi) is 5.79. The average Bonchev–Trinajstić information content (AvgIpc) is 2.61. The highest BCUT2D eigenvalue weighted by molar-refractivity contribution is 7.11. The molecule has 0 radical (unpaired) electrons. The molecule has 1 heterocycles. The largest absolute Gasteiger partial charge is 0.356 e. The highest BCUT2D eigenvalue weighted by Gasteiger charge is 2.10. The summed E-state index contributed by atoms with van der Waals surface area (Å²) in [5, 5.41) is 7.74. The Morgan fingerprint density at radius 1 is 1.26 bits per heavy atom. The van der Waals surface area contributed by atoms with Crippen molar-refractivity contribution >= 4 is 17.3 Å². The second-order valence-corrected chi connectivity index (χ2v) is 7.20. The average molecular weight is 282 g/mol. The predicted molar refractivity (Wildman–Crippen MR) is 83.9 cm³/mol. The summed E-state index contributed by atoms with van der Waals surface area (Å²) in [5.74, 6) is 0.842. The number of aromatic nitrogens is 1. The lowest BCUT2D eigenvalue weighted by atomic mass is 9.92. The molecule has 0 aliphatic rings. The van der Waals surface area contributed by atoms with E-state index >= 15 is 0 Å². The number of thiazole rings is 1. The standard InChI is InChI=1S/C14H26N4S/c1-10-11(2)19-12(18-10)9-17-13(15-6)16-8-7-14(3,4)5/h7-9H2,1-6H3,(H2,15,16,17). The smallest absolute Gasteiger partial charge is 0.191 e. The van der Waals surface area contributed by atoms with Gasteiger partial charge in [-0.3, -0.25) is 4.99 Å². The fourth-order valence-corrected chi connectivity index (χ4v) is 2.42. The lowest BCUT2D eigenvalue weighted by molar-refractivity contribution is 0.377. The van der Waals surface area contributed by atoms with E-state index in [1.165, 1.54) is 4.88 Å². The van der Waals surface area contributed by atoms with Crippen molar-refractivity contribution in [3.05, 3.63) is 15.6 Å². The van der Waals surface area contributed by atoms with Gasteiger partial charge in [0.05, 0.1) is 12.2 Å². The minimum atomic E-state index is 0.343. The van der Waals surface area contributed by atoms with Crippen LogP contribution in [0.2, 0.25) is 0 Å². The number of hydrogen-bond acceptors (Lipinski definition) is 3. The molecule has 0 bridgehead atoms. The van der Waals surface area contributed by atoms with Crippen LogP contribution in [0.4, 0.5) is 0 Å². The van der Waals surface area contributed by atoms with E-state index in [-0.39, 0.29) is 0 Å². The molecule has 0 spiro atoms. The molecule has 0 aliphatic heterocycles. The molecule has 19 heavy (non-hydrogen) atoms. The minimum Gasteiger partial charge on any atom is -0.356 e. The molecular formula is C14H26N4S. The summed E-state index contributed by atoms with van der Waals surface area (Å²) < 4.78 is 0. The van der Waals surface area contributed by atoms with Crippen LogP contribution >= 0.6 is 11.3 Å². The molecule has 2 N–H and O–H groups in total. The van der Waals surface area contributed by atoms with Crippen molar-refractivity contribution in [1.82, 2.24) is 15.6 Å². The zero-order chi connectivity index (χ0) is 14.5. The fraction of sp³-hybridized carbons (Fsp3) is 0.714. The Morgan fingerprint density at radius 2 is 1.95 bits per heavy atom. The Morgan fingerprint density at radius 3 is 2.42 bits per heavy atom. The van der Waals surface area contributed by atoms with Crippen LogP contribution in [0.15, 0.2) is 4.99 Å². The highest BCUT2D eigenvalue weighted by Crippen LogP contribution is 2.17. The predicted octanol–water partition coefficient (Wildman–Crippen LogP) is 2.86. The molecular weight excluding hydrogens is 256 g/mol. The molecule has 0 unspecified atom stereocenters. The van der Waals surface area contributed by atoms with E-state index < -0.39 is 0 Å². The van der Waals surface area contributed by atoms with Crippen LogP contribution in [0, 0.1) is 19.3 Å². The number of rotatable bonds is 4. The van der Waals surface area contributed by atoms with Gasteiger partial charge >= 0.3 is 0 Å². The van der Waals surface area contributed by atoms with Gasteiger partial charge in [-0.05, 0) is 25.7 Å². The quantitative estimate of drug-likeness (QED) is 0.659. The van der Waals surface area contributed by atoms with E-state index in [0.29, 0.717) is 5.41 Å². The van der Waals surface area contributed by atoms with E-state index in [1.54, 1.807) is 18.4 Å². The molecule has 1 aromatic heterocycles. The van der Waals surface area contributed by atoms with Gasteiger partial charge in [-0.25, -0.2) is 4.98 Å². The van der Waals surface area contributed by atoms with Gasteiger partial charge in [-0.2, -0.15) is 0 Å². The second-order valence-electron chi connectivity index (χ2n) is 5.91. The van der Waals surface area contributed by atoms with Crippen molar-refractivity contribution in [1.29, 1.82) is 0 Å². The number of nitrogens with zero attached hydrogens (tertiary/aromatic N) is 2. The maximum absolute atomic E-state index is 4.51. The first kappa shape index (κ1) is 16.0. The molecule has 0 amide bonds. The zero-order valence-electron chi connectivity index (χ0n) is 12.9. The molecule has 4 nitrogen and oxygen atoms in total. The summed E-state index contributed by atoms with van der Waals surface area (Å²) in [6.45, 7) is 12.5. The van der Waals surface area contributed by atoms with Crippen molar-refractivity contribution in [2.24, 2.45) is 10.4 Å². The van der Waals surface area contributed by atoms with E-state index in [0.717, 1.165) is 36.2 Å². The van der Waals surface area contributed by atoms with Crippen LogP contribution in [0.25, 0.3) is 0 Å². The van der Waals surface area contributed by atoms with Crippen LogP contribution in [-0.4, -0.2) is 24.5 Å². The second kappa shape index (κ2) is 6.89. The first-order valence-corrected chi connectivity index (χ1v) is 7.51. The van der Waals surface area contributed by atoms with Gasteiger partial charge in [-0.1, -0.05) is 20.8 Å². The van der Waals surface area contributed by atoms with Crippen molar-refractivity contribution in [3.63, 3.8) is 0 Å². The summed E-state index contributed by atoms with van der Waals surface area (Å²) in [4.78, 5) is 10.0. The normalized spacial score (nSPS) is 12.6. The van der Waals surface area contributed by atoms with Crippen LogP contribution in [0.5, 0.6) is 0 Å². The van der Waals surface area contributed by atoms with Crippen LogP contribution in [-0.2, 0) is 6.54 Å². The van der Waals surface area contributed by atoms with Gasteiger partial charge < -0.3 is 10.6 Å². The first-order valence-electron chi connectivity index (χ1n) is 6.69. The number of guanidine groups is 1. The molecule has 1 rings (SSSR count). The van der Waals surface area contributed by atoms with Crippen LogP contribution < -0.4 is 10.6 Å². The minimum absolute atomic E-state index is 0.343. The van der Waals surface area contributed by atoms with E-state index in [9.17, 15) is 0 Å². The van der Waals surface area contributed by atoms with Gasteiger partial charge in [0.25, 0.3) is 0 Å². The maximum atomic E-state index is 4.51. The topological polar surface area (TPSA) is 49.3 Å². The molecule has 108 valence electrons. The SMILES string of the molecule is CN=C(NCCC(C)(C)C)NCc1nc(C)c(C)s1. The van der Waals surface area contributed by atoms with Gasteiger partial charge in [0.2, 0.25) is 0 Å². The lowest BCUT2D eigenvalue weighted by Crippen LogP contribution is -2.38.